The molecule has 0 saturated carbocycles. The van der Waals surface area contributed by atoms with Gasteiger partial charge in [-0.05, 0) is 23.6 Å². The fraction of sp³-hybridized carbons (Fsp3) is 0.278. The Kier molecular flexibility index (Phi) is 5.09. The van der Waals surface area contributed by atoms with Crippen molar-refractivity contribution < 1.29 is 9.90 Å². The zero-order valence-corrected chi connectivity index (χ0v) is 13.7. The van der Waals surface area contributed by atoms with Gasteiger partial charge in [-0.25, -0.2) is 0 Å². The lowest BCUT2D eigenvalue weighted by Crippen LogP contribution is -2.51. The van der Waals surface area contributed by atoms with E-state index in [1.807, 2.05) is 54.6 Å². The van der Waals surface area contributed by atoms with Crippen molar-refractivity contribution in [1.82, 2.24) is 5.32 Å². The Balaban J connectivity index is 0.00000192. The lowest BCUT2D eigenvalue weighted by Gasteiger charge is -2.27. The summed E-state index contributed by atoms with van der Waals surface area (Å²) in [6.07, 6.45) is -0.0683. The summed E-state index contributed by atoms with van der Waals surface area (Å²) in [7, 11) is 0. The minimum absolute atomic E-state index is 0. The molecule has 1 aliphatic rings. The second-order valence-electron chi connectivity index (χ2n) is 5.99. The number of aliphatic hydroxyl groups excluding tert-OH is 1. The summed E-state index contributed by atoms with van der Waals surface area (Å²) in [6.45, 7) is 1.69. The molecule has 3 atom stereocenters. The van der Waals surface area contributed by atoms with Gasteiger partial charge in [0.15, 0.2) is 0 Å². The lowest BCUT2D eigenvalue weighted by molar-refractivity contribution is -0.127. The van der Waals surface area contributed by atoms with Crippen LogP contribution in [0.3, 0.4) is 0 Å². The topological polar surface area (TPSA) is 75.4 Å². The number of benzene rings is 2. The van der Waals surface area contributed by atoms with Gasteiger partial charge in [-0.3, -0.25) is 4.79 Å². The van der Waals surface area contributed by atoms with Crippen molar-refractivity contribution in [3.63, 3.8) is 0 Å². The van der Waals surface area contributed by atoms with E-state index in [1.54, 1.807) is 6.92 Å². The highest BCUT2D eigenvalue weighted by Gasteiger charge is 2.37. The molecule has 0 aromatic heterocycles. The van der Waals surface area contributed by atoms with Crippen molar-refractivity contribution in [3.8, 4) is 0 Å². The predicted octanol–water partition coefficient (Wildman–Crippen LogP) is 2.06. The van der Waals surface area contributed by atoms with E-state index >= 15 is 0 Å². The molecule has 1 aliphatic carbocycles. The Hall–Kier alpha value is -1.88. The Morgan fingerprint density at radius 2 is 1.78 bits per heavy atom. The molecule has 0 radical (unpaired) electrons. The number of amides is 1. The molecule has 0 bridgehead atoms. The van der Waals surface area contributed by atoms with E-state index in [1.165, 1.54) is 0 Å². The van der Waals surface area contributed by atoms with Crippen LogP contribution in [0, 0.1) is 0 Å². The zero-order chi connectivity index (χ0) is 15.7. The lowest BCUT2D eigenvalue weighted by atomic mass is 9.91. The highest BCUT2D eigenvalue weighted by Crippen LogP contribution is 2.32. The average molecular weight is 333 g/mol. The SMILES string of the molecule is CC(N)(C(=O)N[C@H]1c2ccccc2C[C@H]1O)c1ccccc1.Cl. The highest BCUT2D eigenvalue weighted by molar-refractivity contribution is 5.87. The van der Waals surface area contributed by atoms with Crippen LogP contribution in [0.25, 0.3) is 0 Å². The minimum Gasteiger partial charge on any atom is -0.390 e. The van der Waals surface area contributed by atoms with Crippen LogP contribution >= 0.6 is 12.4 Å². The van der Waals surface area contributed by atoms with Crippen molar-refractivity contribution in [3.05, 3.63) is 71.3 Å². The van der Waals surface area contributed by atoms with Crippen LogP contribution in [-0.2, 0) is 16.8 Å². The van der Waals surface area contributed by atoms with Crippen LogP contribution < -0.4 is 11.1 Å². The van der Waals surface area contributed by atoms with Gasteiger partial charge in [0.2, 0.25) is 5.91 Å². The predicted molar refractivity (Wildman–Crippen MR) is 92.3 cm³/mol. The monoisotopic (exact) mass is 332 g/mol. The van der Waals surface area contributed by atoms with E-state index in [4.69, 9.17) is 5.73 Å². The molecule has 3 rings (SSSR count). The number of hydrogen-bond donors (Lipinski definition) is 3. The fourth-order valence-electron chi connectivity index (χ4n) is 2.95. The van der Waals surface area contributed by atoms with E-state index in [0.717, 1.165) is 16.7 Å². The number of aliphatic hydroxyl groups is 1. The summed E-state index contributed by atoms with van der Waals surface area (Å²) in [6, 6.07) is 16.6. The van der Waals surface area contributed by atoms with Crippen molar-refractivity contribution in [2.75, 3.05) is 0 Å². The van der Waals surface area contributed by atoms with Gasteiger partial charge in [0.05, 0.1) is 12.1 Å². The van der Waals surface area contributed by atoms with Crippen LogP contribution in [0.1, 0.15) is 29.7 Å². The Labute approximate surface area is 142 Å². The normalized spacial score (nSPS) is 21.7. The third-order valence-electron chi connectivity index (χ3n) is 4.34. The van der Waals surface area contributed by atoms with E-state index in [9.17, 15) is 9.90 Å². The summed E-state index contributed by atoms with van der Waals surface area (Å²) in [5.41, 5.74) is 7.87. The Morgan fingerprint density at radius 1 is 1.17 bits per heavy atom. The molecule has 0 heterocycles. The fourth-order valence-corrected chi connectivity index (χ4v) is 2.95. The summed E-state index contributed by atoms with van der Waals surface area (Å²) < 4.78 is 0. The molecule has 122 valence electrons. The van der Waals surface area contributed by atoms with E-state index in [0.29, 0.717) is 6.42 Å². The number of rotatable bonds is 3. The third kappa shape index (κ3) is 3.24. The molecule has 0 saturated heterocycles. The van der Waals surface area contributed by atoms with Gasteiger partial charge in [0.25, 0.3) is 0 Å². The maximum atomic E-state index is 12.6. The van der Waals surface area contributed by atoms with E-state index < -0.39 is 17.7 Å². The average Bonchev–Trinajstić information content (AvgIpc) is 2.84. The summed E-state index contributed by atoms with van der Waals surface area (Å²) in [5, 5.41) is 13.1. The van der Waals surface area contributed by atoms with Gasteiger partial charge in [-0.15, -0.1) is 12.4 Å². The molecule has 2 aromatic rings. The second kappa shape index (κ2) is 6.71. The molecule has 5 heteroatoms. The van der Waals surface area contributed by atoms with Gasteiger partial charge in [0, 0.05) is 6.42 Å². The Bertz CT molecular complexity index is 688. The maximum Gasteiger partial charge on any atom is 0.244 e. The molecule has 4 nitrogen and oxygen atoms in total. The first-order valence-electron chi connectivity index (χ1n) is 7.41. The van der Waals surface area contributed by atoms with Crippen LogP contribution in [-0.4, -0.2) is 17.1 Å². The molecule has 2 aromatic carbocycles. The number of fused-ring (bicyclic) bond motifs is 1. The third-order valence-corrected chi connectivity index (χ3v) is 4.34. The van der Waals surface area contributed by atoms with Crippen LogP contribution in [0.5, 0.6) is 0 Å². The quantitative estimate of drug-likeness (QED) is 0.805. The number of nitrogens with two attached hydrogens (primary N) is 1. The number of hydrogen-bond acceptors (Lipinski definition) is 3. The number of nitrogens with one attached hydrogen (secondary N) is 1. The van der Waals surface area contributed by atoms with Gasteiger partial charge in [0.1, 0.15) is 5.54 Å². The smallest absolute Gasteiger partial charge is 0.244 e. The maximum absolute atomic E-state index is 12.6. The number of carbonyl (C=O) groups is 1. The first-order valence-corrected chi connectivity index (χ1v) is 7.41. The summed E-state index contributed by atoms with van der Waals surface area (Å²) in [4.78, 5) is 12.6. The molecule has 0 fully saturated rings. The zero-order valence-electron chi connectivity index (χ0n) is 12.9. The van der Waals surface area contributed by atoms with Crippen LogP contribution in [0.2, 0.25) is 0 Å². The van der Waals surface area contributed by atoms with E-state index in [2.05, 4.69) is 5.32 Å². The molecular weight excluding hydrogens is 312 g/mol. The van der Waals surface area contributed by atoms with Gasteiger partial charge >= 0.3 is 0 Å². The van der Waals surface area contributed by atoms with Gasteiger partial charge in [-0.1, -0.05) is 54.6 Å². The van der Waals surface area contributed by atoms with Crippen LogP contribution in [0.15, 0.2) is 54.6 Å². The molecule has 23 heavy (non-hydrogen) atoms. The minimum atomic E-state index is -1.14. The first kappa shape index (κ1) is 17.5. The summed E-state index contributed by atoms with van der Waals surface area (Å²) in [5.74, 6) is -0.292. The van der Waals surface area contributed by atoms with Crippen LogP contribution in [0.4, 0.5) is 0 Å². The largest absolute Gasteiger partial charge is 0.390 e. The number of halogens is 1. The van der Waals surface area contributed by atoms with Crippen molar-refractivity contribution in [1.29, 1.82) is 0 Å². The van der Waals surface area contributed by atoms with Crippen molar-refractivity contribution >= 4 is 18.3 Å². The molecule has 0 spiro atoms. The van der Waals surface area contributed by atoms with Crippen molar-refractivity contribution in [2.45, 2.75) is 31.0 Å². The standard InChI is InChI=1S/C18H20N2O2.ClH/c1-18(19,13-8-3-2-4-9-13)17(22)20-16-14-10-6-5-7-12(14)11-15(16)21;/h2-10,15-16,21H,11,19H2,1H3,(H,20,22);1H/t15-,16+,18?;/m1./s1. The molecule has 4 N–H and O–H groups in total. The molecular formula is C18H21ClN2O2. The second-order valence-corrected chi connectivity index (χ2v) is 5.99. The molecule has 1 unspecified atom stereocenters. The van der Waals surface area contributed by atoms with E-state index in [-0.39, 0.29) is 18.3 Å². The molecule has 0 aliphatic heterocycles. The van der Waals surface area contributed by atoms with Gasteiger partial charge < -0.3 is 16.2 Å². The summed E-state index contributed by atoms with van der Waals surface area (Å²) >= 11 is 0. The number of carbonyl (C=O) groups excluding carboxylic acids is 1. The Morgan fingerprint density at radius 3 is 2.48 bits per heavy atom. The van der Waals surface area contributed by atoms with Gasteiger partial charge in [-0.2, -0.15) is 0 Å². The highest BCUT2D eigenvalue weighted by atomic mass is 35.5. The molecule has 1 amide bonds. The first-order chi connectivity index (χ1) is 10.5. The van der Waals surface area contributed by atoms with Crippen molar-refractivity contribution in [2.24, 2.45) is 5.73 Å².